The van der Waals surface area contributed by atoms with Gasteiger partial charge in [-0.05, 0) is 62.4 Å². The summed E-state index contributed by atoms with van der Waals surface area (Å²) < 4.78 is 0. The zero-order valence-electron chi connectivity index (χ0n) is 18.3. The molecule has 164 valence electrons. The maximum absolute atomic E-state index is 13.1. The van der Waals surface area contributed by atoms with Crippen LogP contribution in [0.1, 0.15) is 54.3 Å². The highest BCUT2D eigenvalue weighted by Crippen LogP contribution is 2.47. The van der Waals surface area contributed by atoms with E-state index >= 15 is 0 Å². The van der Waals surface area contributed by atoms with Crippen LogP contribution in [0.15, 0.2) is 64.4 Å². The van der Waals surface area contributed by atoms with E-state index < -0.39 is 5.92 Å². The third-order valence-corrected chi connectivity index (χ3v) is 7.10. The molecule has 2 heterocycles. The van der Waals surface area contributed by atoms with Gasteiger partial charge in [-0.2, -0.15) is 5.26 Å². The molecule has 0 saturated heterocycles. The zero-order chi connectivity index (χ0) is 22.8. The Bertz CT molecular complexity index is 1140. The van der Waals surface area contributed by atoms with Gasteiger partial charge < -0.3 is 10.6 Å². The van der Waals surface area contributed by atoms with Crippen molar-refractivity contribution in [3.63, 3.8) is 0 Å². The monoisotopic (exact) mass is 446 g/mol. The van der Waals surface area contributed by atoms with E-state index in [0.717, 1.165) is 22.7 Å². The Kier molecular flexibility index (Phi) is 6.15. The number of thiophene rings is 1. The molecule has 7 heteroatoms. The van der Waals surface area contributed by atoms with Gasteiger partial charge in [0.1, 0.15) is 5.82 Å². The maximum atomic E-state index is 13.1. The lowest BCUT2D eigenvalue weighted by Gasteiger charge is -2.39. The largest absolute Gasteiger partial charge is 0.384 e. The summed E-state index contributed by atoms with van der Waals surface area (Å²) in [6, 6.07) is 13.4. The SMILES string of the molecule is CCN(CC)C(=O)c1ccc(N2C(N)=C(C#N)[C@@H](c3cccs3)C3=C2CCCC3=O)cc1. The fraction of sp³-hybridized carbons (Fsp3) is 0.320. The van der Waals surface area contributed by atoms with E-state index in [1.54, 1.807) is 17.0 Å². The lowest BCUT2D eigenvalue weighted by molar-refractivity contribution is -0.116. The number of rotatable bonds is 5. The molecule has 1 aromatic carbocycles. The van der Waals surface area contributed by atoms with Crippen LogP contribution in [0.5, 0.6) is 0 Å². The molecule has 32 heavy (non-hydrogen) atoms. The molecule has 0 bridgehead atoms. The van der Waals surface area contributed by atoms with E-state index in [-0.39, 0.29) is 11.7 Å². The normalized spacial score (nSPS) is 18.5. The predicted octanol–water partition coefficient (Wildman–Crippen LogP) is 4.53. The lowest BCUT2D eigenvalue weighted by Crippen LogP contribution is -2.38. The van der Waals surface area contributed by atoms with Crippen LogP contribution in [-0.2, 0) is 4.79 Å². The Morgan fingerprint density at radius 1 is 1.22 bits per heavy atom. The maximum Gasteiger partial charge on any atom is 0.253 e. The second kappa shape index (κ2) is 9.01. The molecule has 1 amide bonds. The summed E-state index contributed by atoms with van der Waals surface area (Å²) in [5.41, 5.74) is 9.85. The second-order valence-electron chi connectivity index (χ2n) is 7.86. The molecule has 2 aromatic rings. The number of anilines is 1. The fourth-order valence-electron chi connectivity index (χ4n) is 4.57. The van der Waals surface area contributed by atoms with Crippen LogP contribution in [0.4, 0.5) is 5.69 Å². The summed E-state index contributed by atoms with van der Waals surface area (Å²) in [7, 11) is 0. The number of benzene rings is 1. The van der Waals surface area contributed by atoms with E-state index in [0.29, 0.717) is 48.5 Å². The first-order chi connectivity index (χ1) is 15.5. The van der Waals surface area contributed by atoms with Gasteiger partial charge >= 0.3 is 0 Å². The number of carbonyl (C=O) groups excluding carboxylic acids is 2. The van der Waals surface area contributed by atoms with Crippen LogP contribution in [0, 0.1) is 11.3 Å². The highest BCUT2D eigenvalue weighted by molar-refractivity contribution is 7.10. The van der Waals surface area contributed by atoms with E-state index in [1.165, 1.54) is 11.3 Å². The van der Waals surface area contributed by atoms with E-state index in [2.05, 4.69) is 6.07 Å². The first-order valence-electron chi connectivity index (χ1n) is 10.9. The van der Waals surface area contributed by atoms with Gasteiger partial charge in [0, 0.05) is 46.9 Å². The van der Waals surface area contributed by atoms with Crippen LogP contribution < -0.4 is 10.6 Å². The molecule has 1 aliphatic heterocycles. The molecule has 2 aliphatic rings. The smallest absolute Gasteiger partial charge is 0.253 e. The van der Waals surface area contributed by atoms with E-state index in [4.69, 9.17) is 5.73 Å². The molecule has 4 rings (SSSR count). The predicted molar refractivity (Wildman–Crippen MR) is 126 cm³/mol. The molecule has 1 aliphatic carbocycles. The van der Waals surface area contributed by atoms with Gasteiger partial charge in [0.15, 0.2) is 5.78 Å². The van der Waals surface area contributed by atoms with Crippen molar-refractivity contribution in [1.82, 2.24) is 4.90 Å². The minimum Gasteiger partial charge on any atom is -0.384 e. The number of nitrogens with zero attached hydrogens (tertiary/aromatic N) is 3. The Morgan fingerprint density at radius 3 is 2.53 bits per heavy atom. The number of allylic oxidation sites excluding steroid dienone is 3. The first kappa shape index (κ1) is 21.8. The third kappa shape index (κ3) is 3.61. The molecular formula is C25H26N4O2S. The Labute approximate surface area is 192 Å². The Balaban J connectivity index is 1.80. The molecule has 0 radical (unpaired) electrons. The average molecular weight is 447 g/mol. The van der Waals surface area contributed by atoms with Crippen molar-refractivity contribution in [2.75, 3.05) is 18.0 Å². The van der Waals surface area contributed by atoms with Crippen LogP contribution >= 0.6 is 11.3 Å². The Hall–Kier alpha value is -3.37. The first-order valence-corrected chi connectivity index (χ1v) is 11.8. The number of nitriles is 1. The van der Waals surface area contributed by atoms with Crippen molar-refractivity contribution in [1.29, 1.82) is 5.26 Å². The summed E-state index contributed by atoms with van der Waals surface area (Å²) in [5, 5.41) is 12.0. The fourth-order valence-corrected chi connectivity index (χ4v) is 5.41. The zero-order valence-corrected chi connectivity index (χ0v) is 19.1. The minimum atomic E-state index is -0.414. The van der Waals surface area contributed by atoms with Gasteiger partial charge in [-0.1, -0.05) is 6.07 Å². The van der Waals surface area contributed by atoms with Crippen LogP contribution in [0.25, 0.3) is 0 Å². The van der Waals surface area contributed by atoms with Crippen LogP contribution in [0.3, 0.4) is 0 Å². The van der Waals surface area contributed by atoms with Gasteiger partial charge in [-0.15, -0.1) is 11.3 Å². The summed E-state index contributed by atoms with van der Waals surface area (Å²) in [4.78, 5) is 30.3. The van der Waals surface area contributed by atoms with Crippen molar-refractivity contribution in [3.05, 3.63) is 74.9 Å². The molecule has 0 spiro atoms. The summed E-state index contributed by atoms with van der Waals surface area (Å²) in [6.07, 6.45) is 1.94. The van der Waals surface area contributed by atoms with Gasteiger partial charge in [0.2, 0.25) is 0 Å². The molecule has 1 atom stereocenters. The number of hydrogen-bond donors (Lipinski definition) is 1. The van der Waals surface area contributed by atoms with Crippen molar-refractivity contribution in [2.45, 2.75) is 39.0 Å². The minimum absolute atomic E-state index is 0.0214. The van der Waals surface area contributed by atoms with Gasteiger partial charge in [0.05, 0.1) is 17.6 Å². The highest BCUT2D eigenvalue weighted by atomic mass is 32.1. The molecule has 6 nitrogen and oxygen atoms in total. The Morgan fingerprint density at radius 2 is 1.94 bits per heavy atom. The van der Waals surface area contributed by atoms with Crippen molar-refractivity contribution in [3.8, 4) is 6.07 Å². The van der Waals surface area contributed by atoms with Crippen LogP contribution in [-0.4, -0.2) is 29.7 Å². The molecule has 0 saturated carbocycles. The van der Waals surface area contributed by atoms with Crippen molar-refractivity contribution < 1.29 is 9.59 Å². The average Bonchev–Trinajstić information content (AvgIpc) is 3.34. The quantitative estimate of drug-likeness (QED) is 0.728. The van der Waals surface area contributed by atoms with Gasteiger partial charge in [-0.3, -0.25) is 14.5 Å². The highest BCUT2D eigenvalue weighted by Gasteiger charge is 2.40. The number of Topliss-reactive ketones (excluding diaryl/α,β-unsaturated/α-hetero) is 1. The van der Waals surface area contributed by atoms with Crippen molar-refractivity contribution >= 4 is 28.7 Å². The molecule has 0 fully saturated rings. The topological polar surface area (TPSA) is 90.4 Å². The molecular weight excluding hydrogens is 420 g/mol. The number of ketones is 1. The van der Waals surface area contributed by atoms with E-state index in [1.807, 2.05) is 48.4 Å². The van der Waals surface area contributed by atoms with Gasteiger partial charge in [-0.25, -0.2) is 0 Å². The number of carbonyl (C=O) groups is 2. The van der Waals surface area contributed by atoms with Crippen LogP contribution in [0.2, 0.25) is 0 Å². The molecule has 2 N–H and O–H groups in total. The van der Waals surface area contributed by atoms with Gasteiger partial charge in [0.25, 0.3) is 5.91 Å². The third-order valence-electron chi connectivity index (χ3n) is 6.16. The summed E-state index contributed by atoms with van der Waals surface area (Å²) in [5.74, 6) is -0.0140. The molecule has 1 aromatic heterocycles. The molecule has 0 unspecified atom stereocenters. The standard InChI is InChI=1S/C25H26N4O2S/c1-3-28(4-2)25(31)16-10-12-17(13-11-16)29-19-7-5-8-20(30)23(19)22(18(15-26)24(29)27)21-9-6-14-32-21/h6,9-14,22H,3-5,7-8,27H2,1-2H3/t22-/m0/s1. The number of nitrogens with two attached hydrogens (primary N) is 1. The second-order valence-corrected chi connectivity index (χ2v) is 8.84. The lowest BCUT2D eigenvalue weighted by atomic mass is 9.78. The number of amides is 1. The summed E-state index contributed by atoms with van der Waals surface area (Å²) >= 11 is 1.53. The summed E-state index contributed by atoms with van der Waals surface area (Å²) in [6.45, 7) is 5.20. The van der Waals surface area contributed by atoms with Crippen molar-refractivity contribution in [2.24, 2.45) is 5.73 Å². The number of hydrogen-bond acceptors (Lipinski definition) is 6. The van der Waals surface area contributed by atoms with E-state index in [9.17, 15) is 14.9 Å².